The lowest BCUT2D eigenvalue weighted by atomic mass is 9.74. The molecule has 0 saturated carbocycles. The van der Waals surface area contributed by atoms with Crippen molar-refractivity contribution in [2.24, 2.45) is 16.8 Å². The Morgan fingerprint density at radius 1 is 1.22 bits per heavy atom. The highest BCUT2D eigenvalue weighted by atomic mass is 16.6. The summed E-state index contributed by atoms with van der Waals surface area (Å²) in [7, 11) is 0. The number of nitriles is 2. The number of hydrogen-bond acceptors (Lipinski definition) is 6. The molecule has 1 amide bonds. The van der Waals surface area contributed by atoms with E-state index < -0.39 is 11.8 Å². The largest absolute Gasteiger partial charge is 0.445 e. The highest BCUT2D eigenvalue weighted by Gasteiger charge is 2.38. The van der Waals surface area contributed by atoms with Crippen molar-refractivity contribution in [3.63, 3.8) is 0 Å². The maximum Gasteiger partial charge on any atom is 0.410 e. The third kappa shape index (κ3) is 4.46. The minimum Gasteiger partial charge on any atom is -0.445 e. The maximum atomic E-state index is 12.8. The number of aliphatic imine (C=N–C) groups is 1. The van der Waals surface area contributed by atoms with Gasteiger partial charge in [-0.2, -0.15) is 15.6 Å². The number of amides is 1. The van der Waals surface area contributed by atoms with Crippen molar-refractivity contribution in [1.82, 2.24) is 15.1 Å². The topological polar surface area (TPSA) is 118 Å². The summed E-state index contributed by atoms with van der Waals surface area (Å²) in [6, 6.07) is 20.2. The highest BCUT2D eigenvalue weighted by Crippen LogP contribution is 2.42. The molecule has 2 aliphatic heterocycles. The van der Waals surface area contributed by atoms with Crippen molar-refractivity contribution in [3.8, 4) is 12.1 Å². The van der Waals surface area contributed by atoms with Crippen molar-refractivity contribution in [1.29, 1.82) is 10.5 Å². The Morgan fingerprint density at radius 3 is 2.83 bits per heavy atom. The normalized spacial score (nSPS) is 22.0. The molecule has 180 valence electrons. The molecule has 1 N–H and O–H groups in total. The van der Waals surface area contributed by atoms with E-state index in [-0.39, 0.29) is 18.6 Å². The smallest absolute Gasteiger partial charge is 0.410 e. The number of carbonyl (C=O) groups excluding carboxylic acids is 1. The minimum absolute atomic E-state index is 0.104. The summed E-state index contributed by atoms with van der Waals surface area (Å²) in [5.41, 5.74) is 4.58. The Bertz CT molecular complexity index is 1430. The molecule has 0 spiro atoms. The molecule has 8 heteroatoms. The predicted octanol–water partition coefficient (Wildman–Crippen LogP) is 5.09. The van der Waals surface area contributed by atoms with Crippen LogP contribution >= 0.6 is 0 Å². The van der Waals surface area contributed by atoms with E-state index in [1.54, 1.807) is 11.1 Å². The molecule has 0 radical (unpaired) electrons. The average Bonchev–Trinajstić information content (AvgIpc) is 3.39. The number of rotatable bonds is 4. The fraction of sp³-hybridized carbons (Fsp3) is 0.321. The van der Waals surface area contributed by atoms with Gasteiger partial charge in [0.15, 0.2) is 0 Å². The number of likely N-dealkylation sites (tertiary alicyclic amines) is 1. The number of nitrogens with zero attached hydrogens (tertiary/aromatic N) is 5. The molecular formula is C28H26N6O2. The average molecular weight is 479 g/mol. The molecular weight excluding hydrogens is 452 g/mol. The van der Waals surface area contributed by atoms with E-state index >= 15 is 0 Å². The van der Waals surface area contributed by atoms with Crippen LogP contribution in [0, 0.1) is 34.5 Å². The molecule has 5 rings (SSSR count). The Hall–Kier alpha value is -4.43. The summed E-state index contributed by atoms with van der Waals surface area (Å²) in [4.78, 5) is 19.3. The lowest BCUT2D eigenvalue weighted by Gasteiger charge is -2.36. The first-order valence-corrected chi connectivity index (χ1v) is 12.1. The second kappa shape index (κ2) is 10.1. The van der Waals surface area contributed by atoms with Crippen LogP contribution < -0.4 is 0 Å². The van der Waals surface area contributed by atoms with Gasteiger partial charge in [-0.05, 0) is 43.0 Å². The minimum atomic E-state index is -0.539. The van der Waals surface area contributed by atoms with E-state index in [0.717, 1.165) is 34.9 Å². The molecule has 3 atom stereocenters. The van der Waals surface area contributed by atoms with Gasteiger partial charge in [0.25, 0.3) is 0 Å². The van der Waals surface area contributed by atoms with Crippen LogP contribution in [0.15, 0.2) is 71.0 Å². The van der Waals surface area contributed by atoms with Crippen LogP contribution in [0.4, 0.5) is 4.79 Å². The number of H-pyrrole nitrogens is 1. The third-order valence-electron chi connectivity index (χ3n) is 7.02. The van der Waals surface area contributed by atoms with Gasteiger partial charge in [-0.25, -0.2) is 4.79 Å². The third-order valence-corrected chi connectivity index (χ3v) is 7.02. The number of piperidine rings is 1. The van der Waals surface area contributed by atoms with E-state index in [2.05, 4.69) is 22.3 Å². The van der Waals surface area contributed by atoms with Gasteiger partial charge in [0.1, 0.15) is 6.61 Å². The van der Waals surface area contributed by atoms with Crippen LogP contribution in [0.25, 0.3) is 10.9 Å². The quantitative estimate of drug-likeness (QED) is 0.560. The molecule has 0 bridgehead atoms. The molecule has 3 unspecified atom stereocenters. The Kier molecular flexibility index (Phi) is 6.51. The Balaban J connectivity index is 1.42. The molecule has 8 nitrogen and oxygen atoms in total. The number of benzene rings is 2. The van der Waals surface area contributed by atoms with Crippen LogP contribution in [0.1, 0.15) is 36.8 Å². The fourth-order valence-corrected chi connectivity index (χ4v) is 5.18. The van der Waals surface area contributed by atoms with E-state index in [4.69, 9.17) is 9.73 Å². The number of allylic oxidation sites excluding steroid dienone is 1. The number of carbonyl (C=O) groups is 1. The van der Waals surface area contributed by atoms with Crippen LogP contribution in [0.5, 0.6) is 0 Å². The first kappa shape index (κ1) is 23.3. The molecule has 2 aromatic carbocycles. The molecule has 36 heavy (non-hydrogen) atoms. The van der Waals surface area contributed by atoms with Crippen molar-refractivity contribution < 1.29 is 9.53 Å². The summed E-state index contributed by atoms with van der Waals surface area (Å²) in [5, 5.41) is 28.2. The Labute approximate surface area is 209 Å². The van der Waals surface area contributed by atoms with E-state index in [1.165, 1.54) is 0 Å². The molecule has 1 aromatic heterocycles. The van der Waals surface area contributed by atoms with E-state index in [0.29, 0.717) is 30.1 Å². The van der Waals surface area contributed by atoms with Gasteiger partial charge in [0.2, 0.25) is 0 Å². The second-order valence-corrected chi connectivity index (χ2v) is 9.29. The number of hydrogen-bond donors (Lipinski definition) is 1. The van der Waals surface area contributed by atoms with Crippen LogP contribution in [0.3, 0.4) is 0 Å². The van der Waals surface area contributed by atoms with Gasteiger partial charge in [0.05, 0.1) is 41.0 Å². The lowest BCUT2D eigenvalue weighted by molar-refractivity contribution is 0.0824. The summed E-state index contributed by atoms with van der Waals surface area (Å²) in [6.07, 6.45) is 2.97. The Morgan fingerprint density at radius 2 is 2.06 bits per heavy atom. The first-order valence-electron chi connectivity index (χ1n) is 12.1. The zero-order valence-electron chi connectivity index (χ0n) is 20.0. The van der Waals surface area contributed by atoms with Crippen LogP contribution in [-0.4, -0.2) is 40.0 Å². The first-order chi connectivity index (χ1) is 17.6. The van der Waals surface area contributed by atoms with Crippen LogP contribution in [-0.2, 0) is 11.3 Å². The molecule has 3 aromatic rings. The lowest BCUT2D eigenvalue weighted by Crippen LogP contribution is -2.41. The monoisotopic (exact) mass is 478 g/mol. The van der Waals surface area contributed by atoms with Gasteiger partial charge in [-0.3, -0.25) is 10.1 Å². The van der Waals surface area contributed by atoms with Gasteiger partial charge < -0.3 is 9.64 Å². The van der Waals surface area contributed by atoms with Gasteiger partial charge in [-0.15, -0.1) is 0 Å². The standard InChI is InChI=1S/C28H26N6O2/c1-18-23(13-29)26(20-9-10-25-22(12-20)15-31-33-25)24(14-30)27(32-18)21-8-5-11-34(16-21)28(35)36-17-19-6-3-2-4-7-19/h2-4,6-7,9-10,12,15,21,23,26H,5,8,11,16-17H2,1H3,(H,31,33). The molecule has 1 fully saturated rings. The van der Waals surface area contributed by atoms with Crippen molar-refractivity contribution in [2.45, 2.75) is 32.3 Å². The van der Waals surface area contributed by atoms with Crippen molar-refractivity contribution in [2.75, 3.05) is 13.1 Å². The van der Waals surface area contributed by atoms with Crippen molar-refractivity contribution >= 4 is 22.7 Å². The zero-order chi connectivity index (χ0) is 25.1. The molecule has 1 saturated heterocycles. The maximum absolute atomic E-state index is 12.8. The molecule has 2 aliphatic rings. The SMILES string of the molecule is CC1=NC(C2CCCN(C(=O)OCc3ccccc3)C2)=C(C#N)C(c2ccc3[nH]ncc3c2)C1C#N. The summed E-state index contributed by atoms with van der Waals surface area (Å²) >= 11 is 0. The highest BCUT2D eigenvalue weighted by molar-refractivity contribution is 5.91. The predicted molar refractivity (Wildman–Crippen MR) is 135 cm³/mol. The van der Waals surface area contributed by atoms with Gasteiger partial charge in [0, 0.05) is 36.0 Å². The molecule has 0 aliphatic carbocycles. The summed E-state index contributed by atoms with van der Waals surface area (Å²) < 4.78 is 5.55. The number of aromatic nitrogens is 2. The second-order valence-electron chi connectivity index (χ2n) is 9.29. The number of ether oxygens (including phenoxy) is 1. The fourth-order valence-electron chi connectivity index (χ4n) is 5.18. The van der Waals surface area contributed by atoms with Crippen LogP contribution in [0.2, 0.25) is 0 Å². The van der Waals surface area contributed by atoms with Gasteiger partial charge >= 0.3 is 6.09 Å². The zero-order valence-corrected chi connectivity index (χ0v) is 20.0. The summed E-state index contributed by atoms with van der Waals surface area (Å²) in [6.45, 7) is 3.09. The van der Waals surface area contributed by atoms with Gasteiger partial charge in [-0.1, -0.05) is 36.4 Å². The summed E-state index contributed by atoms with van der Waals surface area (Å²) in [5.74, 6) is -1.07. The number of nitrogens with one attached hydrogen (secondary N) is 1. The number of fused-ring (bicyclic) bond motifs is 1. The molecule has 3 heterocycles. The van der Waals surface area contributed by atoms with E-state index in [9.17, 15) is 15.3 Å². The van der Waals surface area contributed by atoms with E-state index in [1.807, 2.05) is 55.5 Å². The van der Waals surface area contributed by atoms with Crippen molar-refractivity contribution in [3.05, 3.63) is 77.1 Å². The number of aromatic amines is 1.